The predicted octanol–water partition coefficient (Wildman–Crippen LogP) is 1.29. The van der Waals surface area contributed by atoms with Crippen LogP contribution in [0, 0.1) is 11.8 Å². The first-order chi connectivity index (χ1) is 7.61. The molecule has 0 aromatic heterocycles. The van der Waals surface area contributed by atoms with Crippen LogP contribution in [0.5, 0.6) is 0 Å². The molecule has 0 saturated carbocycles. The van der Waals surface area contributed by atoms with Gasteiger partial charge in [-0.15, -0.1) is 5.92 Å². The largest absolute Gasteiger partial charge is 0.309 e. The number of Topliss-reactive ketones (excluding diaryl/α,β-unsaturated/α-hetero) is 1. The normalized spacial score (nSPS) is 12.1. The van der Waals surface area contributed by atoms with Gasteiger partial charge in [-0.3, -0.25) is 10.1 Å². The lowest BCUT2D eigenvalue weighted by Crippen LogP contribution is -2.34. The van der Waals surface area contributed by atoms with E-state index in [2.05, 4.69) is 36.2 Å². The van der Waals surface area contributed by atoms with Gasteiger partial charge < -0.3 is 4.90 Å². The minimum Gasteiger partial charge on any atom is -0.309 e. The van der Waals surface area contributed by atoms with Gasteiger partial charge in [0.05, 0.1) is 0 Å². The van der Waals surface area contributed by atoms with Crippen molar-refractivity contribution in [3.63, 3.8) is 0 Å². The SMILES string of the molecule is CCNC(C#CCCCN(C)C)C(=O)CC. The summed E-state index contributed by atoms with van der Waals surface area (Å²) < 4.78 is 0. The number of ketones is 1. The van der Waals surface area contributed by atoms with Gasteiger partial charge in [0.2, 0.25) is 0 Å². The maximum atomic E-state index is 11.5. The van der Waals surface area contributed by atoms with Crippen molar-refractivity contribution in [2.75, 3.05) is 27.2 Å². The topological polar surface area (TPSA) is 32.3 Å². The van der Waals surface area contributed by atoms with Crippen LogP contribution in [0.4, 0.5) is 0 Å². The summed E-state index contributed by atoms with van der Waals surface area (Å²) in [5.41, 5.74) is 0. The molecule has 0 spiro atoms. The summed E-state index contributed by atoms with van der Waals surface area (Å²) in [6.07, 6.45) is 2.46. The number of likely N-dealkylation sites (N-methyl/N-ethyl adjacent to an activating group) is 1. The third-order valence-corrected chi connectivity index (χ3v) is 2.23. The van der Waals surface area contributed by atoms with E-state index < -0.39 is 0 Å². The number of hydrogen-bond donors (Lipinski definition) is 1. The Morgan fingerprint density at radius 1 is 1.38 bits per heavy atom. The highest BCUT2D eigenvalue weighted by Gasteiger charge is 2.10. The van der Waals surface area contributed by atoms with Crippen LogP contribution < -0.4 is 5.32 Å². The van der Waals surface area contributed by atoms with Crippen molar-refractivity contribution in [3.8, 4) is 11.8 Å². The molecule has 3 nitrogen and oxygen atoms in total. The number of carbonyl (C=O) groups excluding carboxylic acids is 1. The summed E-state index contributed by atoms with van der Waals surface area (Å²) in [7, 11) is 4.10. The lowest BCUT2D eigenvalue weighted by molar-refractivity contribution is -0.119. The van der Waals surface area contributed by atoms with Gasteiger partial charge in [0, 0.05) is 12.8 Å². The molecule has 0 aromatic rings. The fourth-order valence-electron chi connectivity index (χ4n) is 1.31. The Bertz CT molecular complexity index is 250. The summed E-state index contributed by atoms with van der Waals surface area (Å²) in [6.45, 7) is 5.69. The van der Waals surface area contributed by atoms with E-state index >= 15 is 0 Å². The van der Waals surface area contributed by atoms with E-state index in [0.717, 1.165) is 25.9 Å². The Hall–Kier alpha value is -0.850. The highest BCUT2D eigenvalue weighted by atomic mass is 16.1. The number of carbonyl (C=O) groups is 1. The van der Waals surface area contributed by atoms with Gasteiger partial charge in [-0.25, -0.2) is 0 Å². The molecule has 92 valence electrons. The standard InChI is InChI=1S/C13H24N2O/c1-5-13(16)12(14-6-2)10-8-7-9-11-15(3)4/h12,14H,5-7,9,11H2,1-4H3. The molecule has 0 aliphatic carbocycles. The molecule has 0 rings (SSSR count). The van der Waals surface area contributed by atoms with Gasteiger partial charge in [0.25, 0.3) is 0 Å². The predicted molar refractivity (Wildman–Crippen MR) is 68.3 cm³/mol. The maximum Gasteiger partial charge on any atom is 0.161 e. The molecule has 1 unspecified atom stereocenters. The Balaban J connectivity index is 3.98. The molecule has 0 aliphatic heterocycles. The van der Waals surface area contributed by atoms with Crippen LogP contribution in [0.25, 0.3) is 0 Å². The van der Waals surface area contributed by atoms with Crippen molar-refractivity contribution in [3.05, 3.63) is 0 Å². The van der Waals surface area contributed by atoms with Gasteiger partial charge in [0.1, 0.15) is 6.04 Å². The molecular formula is C13H24N2O. The van der Waals surface area contributed by atoms with Crippen molar-refractivity contribution in [2.45, 2.75) is 39.2 Å². The second-order valence-electron chi connectivity index (χ2n) is 4.04. The van der Waals surface area contributed by atoms with Gasteiger partial charge in [0.15, 0.2) is 5.78 Å². The summed E-state index contributed by atoms with van der Waals surface area (Å²) >= 11 is 0. The lowest BCUT2D eigenvalue weighted by atomic mass is 10.1. The first-order valence-corrected chi connectivity index (χ1v) is 6.01. The van der Waals surface area contributed by atoms with E-state index in [-0.39, 0.29) is 11.8 Å². The van der Waals surface area contributed by atoms with Gasteiger partial charge >= 0.3 is 0 Å². The van der Waals surface area contributed by atoms with Gasteiger partial charge in [-0.1, -0.05) is 19.8 Å². The van der Waals surface area contributed by atoms with Crippen molar-refractivity contribution in [1.82, 2.24) is 10.2 Å². The third-order valence-electron chi connectivity index (χ3n) is 2.23. The van der Waals surface area contributed by atoms with Gasteiger partial charge in [-0.2, -0.15) is 0 Å². The first-order valence-electron chi connectivity index (χ1n) is 6.01. The lowest BCUT2D eigenvalue weighted by Gasteiger charge is -2.08. The molecule has 0 heterocycles. The number of rotatable bonds is 7. The molecule has 0 aromatic carbocycles. The second kappa shape index (κ2) is 9.38. The fourth-order valence-corrected chi connectivity index (χ4v) is 1.31. The molecule has 1 N–H and O–H groups in total. The molecule has 0 aliphatic rings. The van der Waals surface area contributed by atoms with Crippen LogP contribution in [0.15, 0.2) is 0 Å². The minimum absolute atomic E-state index is 0.182. The molecular weight excluding hydrogens is 200 g/mol. The monoisotopic (exact) mass is 224 g/mol. The average molecular weight is 224 g/mol. The number of hydrogen-bond acceptors (Lipinski definition) is 3. The molecule has 0 bridgehead atoms. The van der Waals surface area contributed by atoms with Crippen LogP contribution in [0.2, 0.25) is 0 Å². The Morgan fingerprint density at radius 3 is 2.56 bits per heavy atom. The molecule has 0 amide bonds. The molecule has 0 fully saturated rings. The van der Waals surface area contributed by atoms with Crippen LogP contribution in [0.3, 0.4) is 0 Å². The highest BCUT2D eigenvalue weighted by molar-refractivity contribution is 5.86. The molecule has 0 radical (unpaired) electrons. The van der Waals surface area contributed by atoms with Crippen LogP contribution in [0.1, 0.15) is 33.1 Å². The quantitative estimate of drug-likeness (QED) is 0.522. The smallest absolute Gasteiger partial charge is 0.161 e. The van der Waals surface area contributed by atoms with Crippen molar-refractivity contribution in [1.29, 1.82) is 0 Å². The van der Waals surface area contributed by atoms with E-state index in [0.29, 0.717) is 6.42 Å². The van der Waals surface area contributed by atoms with E-state index in [1.165, 1.54) is 0 Å². The van der Waals surface area contributed by atoms with Crippen molar-refractivity contribution >= 4 is 5.78 Å². The van der Waals surface area contributed by atoms with Crippen LogP contribution in [-0.4, -0.2) is 43.9 Å². The number of unbranched alkanes of at least 4 members (excludes halogenated alkanes) is 1. The Morgan fingerprint density at radius 2 is 2.06 bits per heavy atom. The van der Waals surface area contributed by atoms with Crippen LogP contribution >= 0.6 is 0 Å². The number of nitrogens with zero attached hydrogens (tertiary/aromatic N) is 1. The zero-order chi connectivity index (χ0) is 12.4. The summed E-state index contributed by atoms with van der Waals surface area (Å²) in [5, 5.41) is 3.10. The van der Waals surface area contributed by atoms with E-state index in [9.17, 15) is 4.79 Å². The average Bonchev–Trinajstić information content (AvgIpc) is 2.25. The Labute approximate surface area is 99.6 Å². The highest BCUT2D eigenvalue weighted by Crippen LogP contribution is 1.92. The van der Waals surface area contributed by atoms with Crippen molar-refractivity contribution < 1.29 is 4.79 Å². The van der Waals surface area contributed by atoms with Crippen LogP contribution in [-0.2, 0) is 4.79 Å². The second-order valence-corrected chi connectivity index (χ2v) is 4.04. The first kappa shape index (κ1) is 15.2. The summed E-state index contributed by atoms with van der Waals surface area (Å²) in [6, 6.07) is -0.269. The molecule has 0 saturated heterocycles. The fraction of sp³-hybridized carbons (Fsp3) is 0.769. The zero-order valence-corrected chi connectivity index (χ0v) is 11.0. The minimum atomic E-state index is -0.269. The summed E-state index contributed by atoms with van der Waals surface area (Å²) in [4.78, 5) is 13.6. The summed E-state index contributed by atoms with van der Waals surface area (Å²) in [5.74, 6) is 6.28. The maximum absolute atomic E-state index is 11.5. The third kappa shape index (κ3) is 7.44. The van der Waals surface area contributed by atoms with Crippen molar-refractivity contribution in [2.24, 2.45) is 0 Å². The van der Waals surface area contributed by atoms with E-state index in [1.807, 2.05) is 13.8 Å². The molecule has 1 atom stereocenters. The van der Waals surface area contributed by atoms with E-state index in [1.54, 1.807) is 0 Å². The number of nitrogens with one attached hydrogen (secondary N) is 1. The van der Waals surface area contributed by atoms with E-state index in [4.69, 9.17) is 0 Å². The Kier molecular flexibility index (Phi) is 8.88. The zero-order valence-electron chi connectivity index (χ0n) is 11.0. The molecule has 3 heteroatoms. The molecule has 16 heavy (non-hydrogen) atoms. The van der Waals surface area contributed by atoms with Gasteiger partial charge in [-0.05, 0) is 33.6 Å².